The molecular weight excluding hydrogens is 843 g/mol. The van der Waals surface area contributed by atoms with Gasteiger partial charge < -0.3 is 19.1 Å². The molecule has 2 fully saturated rings. The number of ether oxygens (including phenoxy) is 3. The summed E-state index contributed by atoms with van der Waals surface area (Å²) < 4.78 is 16.9. The van der Waals surface area contributed by atoms with Crippen LogP contribution in [-0.4, -0.2) is 49.6 Å². The number of benzene rings is 2. The lowest BCUT2D eigenvalue weighted by molar-refractivity contribution is -0.150. The number of carbonyl (C=O) groups excluding carboxylic acids is 3. The maximum Gasteiger partial charge on any atom is 0.306 e. The topological polar surface area (TPSA) is 82.1 Å². The Labute approximate surface area is 413 Å². The Morgan fingerprint density at radius 3 is 1.21 bits per heavy atom. The van der Waals surface area contributed by atoms with Gasteiger partial charge in [0.2, 0.25) is 0 Å². The molecule has 0 heterocycles. The SMILES string of the molecule is CN(C)CCCC(=O)OC(CCCCCCCCC=CC1(C=CCCCCC(=O)OCc2ccccc2)CC1)CCCCCCCCC=CC1(C=CCCCCC(=O)OCc2ccccc2)CC1. The molecule has 2 aromatic carbocycles. The molecule has 7 heteroatoms. The van der Waals surface area contributed by atoms with Crippen LogP contribution < -0.4 is 0 Å². The van der Waals surface area contributed by atoms with Crippen LogP contribution in [0.3, 0.4) is 0 Å². The first-order valence-electron chi connectivity index (χ1n) is 27.2. The Bertz CT molecular complexity index is 1640. The second-order valence-corrected chi connectivity index (χ2v) is 20.3. The van der Waals surface area contributed by atoms with E-state index in [1.54, 1.807) is 0 Å². The molecule has 2 saturated carbocycles. The van der Waals surface area contributed by atoms with Crippen molar-refractivity contribution in [1.29, 1.82) is 0 Å². The van der Waals surface area contributed by atoms with Crippen molar-refractivity contribution in [3.63, 3.8) is 0 Å². The van der Waals surface area contributed by atoms with Crippen molar-refractivity contribution in [2.45, 2.75) is 212 Å². The third-order valence-corrected chi connectivity index (χ3v) is 13.5. The maximum absolute atomic E-state index is 12.7. The predicted octanol–water partition coefficient (Wildman–Crippen LogP) is 15.9. The lowest BCUT2D eigenvalue weighted by Crippen LogP contribution is -2.20. The van der Waals surface area contributed by atoms with Gasteiger partial charge in [-0.2, -0.15) is 0 Å². The number of hydrogen-bond donors (Lipinski definition) is 0. The normalized spacial score (nSPS) is 15.5. The molecule has 0 saturated heterocycles. The van der Waals surface area contributed by atoms with Gasteiger partial charge in [0.15, 0.2) is 0 Å². The fraction of sp³-hybridized carbons (Fsp3) is 0.623. The largest absolute Gasteiger partial charge is 0.462 e. The van der Waals surface area contributed by atoms with Crippen LogP contribution in [0.5, 0.6) is 0 Å². The Balaban J connectivity index is 0.965. The first-order chi connectivity index (χ1) is 33.2. The Kier molecular flexibility index (Phi) is 29.0. The van der Waals surface area contributed by atoms with Crippen molar-refractivity contribution >= 4 is 17.9 Å². The molecule has 0 unspecified atom stereocenters. The summed E-state index contributed by atoms with van der Waals surface area (Å²) in [4.78, 5) is 39.0. The molecule has 0 aliphatic heterocycles. The van der Waals surface area contributed by atoms with Crippen molar-refractivity contribution in [2.24, 2.45) is 10.8 Å². The fourth-order valence-corrected chi connectivity index (χ4v) is 8.75. The minimum absolute atomic E-state index is 0.0206. The highest BCUT2D eigenvalue weighted by Crippen LogP contribution is 2.49. The number of nitrogens with zero attached hydrogens (tertiary/aromatic N) is 1. The van der Waals surface area contributed by atoms with Gasteiger partial charge in [0.25, 0.3) is 0 Å². The van der Waals surface area contributed by atoms with Crippen LogP contribution >= 0.6 is 0 Å². The molecule has 68 heavy (non-hydrogen) atoms. The Morgan fingerprint density at radius 2 is 0.824 bits per heavy atom. The summed E-state index contributed by atoms with van der Waals surface area (Å²) in [7, 11) is 4.10. The van der Waals surface area contributed by atoms with Crippen molar-refractivity contribution < 1.29 is 28.6 Å². The highest BCUT2D eigenvalue weighted by atomic mass is 16.5. The minimum atomic E-state index is -0.106. The highest BCUT2D eigenvalue weighted by Gasteiger charge is 2.37. The van der Waals surface area contributed by atoms with Crippen molar-refractivity contribution in [2.75, 3.05) is 20.6 Å². The van der Waals surface area contributed by atoms with Crippen molar-refractivity contribution in [3.05, 3.63) is 120 Å². The summed E-state index contributed by atoms with van der Waals surface area (Å²) in [5.41, 5.74) is 2.63. The fourth-order valence-electron chi connectivity index (χ4n) is 8.75. The lowest BCUT2D eigenvalue weighted by Gasteiger charge is -2.18. The smallest absolute Gasteiger partial charge is 0.306 e. The van der Waals surface area contributed by atoms with Crippen LogP contribution in [0.25, 0.3) is 0 Å². The van der Waals surface area contributed by atoms with Crippen LogP contribution in [-0.2, 0) is 41.8 Å². The van der Waals surface area contributed by atoms with Crippen LogP contribution in [0.4, 0.5) is 0 Å². The van der Waals surface area contributed by atoms with Gasteiger partial charge in [-0.15, -0.1) is 0 Å². The zero-order chi connectivity index (χ0) is 48.2. The Morgan fingerprint density at radius 1 is 0.471 bits per heavy atom. The molecule has 376 valence electrons. The van der Waals surface area contributed by atoms with Gasteiger partial charge in [-0.3, -0.25) is 14.4 Å². The van der Waals surface area contributed by atoms with E-state index in [1.165, 1.54) is 89.9 Å². The highest BCUT2D eigenvalue weighted by molar-refractivity contribution is 5.70. The standard InChI is InChI=1S/C61H91NO6/c1-62(2)51-33-42-59(65)68-56(38-25-11-7-3-5-9-15-29-43-60(47-48-60)45-31-17-13-27-40-57(63)66-52-54-34-21-19-22-35-54)39-26-12-8-4-6-10-16-30-44-61(49-50-61)46-32-18-14-28-41-58(64)67-53-55-36-23-20-24-37-55/h19-24,29-32,34-37,43-46,56H,3-18,25-28,33,38-42,47-53H2,1-2H3. The molecule has 7 nitrogen and oxygen atoms in total. The number of hydrogen-bond acceptors (Lipinski definition) is 7. The molecule has 0 N–H and O–H groups in total. The van der Waals surface area contributed by atoms with E-state index in [2.05, 4.69) is 67.6 Å². The summed E-state index contributed by atoms with van der Waals surface area (Å²) >= 11 is 0. The molecule has 0 amide bonds. The number of allylic oxidation sites excluding steroid dienone is 8. The third-order valence-electron chi connectivity index (χ3n) is 13.5. The minimum Gasteiger partial charge on any atom is -0.462 e. The lowest BCUT2D eigenvalue weighted by atomic mass is 10.0. The number of rotatable bonds is 41. The van der Waals surface area contributed by atoms with E-state index in [0.717, 1.165) is 101 Å². The van der Waals surface area contributed by atoms with Crippen LogP contribution in [0, 0.1) is 10.8 Å². The summed E-state index contributed by atoms with van der Waals surface area (Å²) in [6, 6.07) is 19.7. The summed E-state index contributed by atoms with van der Waals surface area (Å²) in [5.74, 6) is -0.232. The predicted molar refractivity (Wildman–Crippen MR) is 281 cm³/mol. The second kappa shape index (κ2) is 35.0. The molecule has 2 aliphatic rings. The number of carbonyl (C=O) groups is 3. The number of esters is 3. The third kappa shape index (κ3) is 28.3. The van der Waals surface area contributed by atoms with E-state index in [0.29, 0.717) is 32.5 Å². The monoisotopic (exact) mass is 934 g/mol. The van der Waals surface area contributed by atoms with Gasteiger partial charge in [0.1, 0.15) is 19.3 Å². The van der Waals surface area contributed by atoms with Gasteiger partial charge in [-0.25, -0.2) is 0 Å². The molecule has 0 atom stereocenters. The molecule has 0 spiro atoms. The van der Waals surface area contributed by atoms with E-state index in [9.17, 15) is 14.4 Å². The molecule has 0 bridgehead atoms. The molecular formula is C61H91NO6. The molecule has 4 rings (SSSR count). The first kappa shape index (κ1) is 56.4. The average Bonchev–Trinajstić information content (AvgIpc) is 4.29. The maximum atomic E-state index is 12.7. The van der Waals surface area contributed by atoms with Crippen LogP contribution in [0.15, 0.2) is 109 Å². The second-order valence-electron chi connectivity index (χ2n) is 20.3. The van der Waals surface area contributed by atoms with Crippen LogP contribution in [0.2, 0.25) is 0 Å². The van der Waals surface area contributed by atoms with Crippen molar-refractivity contribution in [1.82, 2.24) is 4.90 Å². The van der Waals surface area contributed by atoms with E-state index < -0.39 is 0 Å². The quantitative estimate of drug-likeness (QED) is 0.0284. The molecule has 2 aromatic rings. The molecule has 2 aliphatic carbocycles. The van der Waals surface area contributed by atoms with Gasteiger partial charge in [0, 0.05) is 30.1 Å². The van der Waals surface area contributed by atoms with Gasteiger partial charge >= 0.3 is 17.9 Å². The van der Waals surface area contributed by atoms with Gasteiger partial charge in [-0.1, -0.05) is 161 Å². The Hall–Kier alpha value is -4.23. The molecule has 0 aromatic heterocycles. The first-order valence-corrected chi connectivity index (χ1v) is 27.2. The molecule has 0 radical (unpaired) electrons. The van der Waals surface area contributed by atoms with Crippen LogP contribution in [0.1, 0.15) is 204 Å². The van der Waals surface area contributed by atoms with E-state index >= 15 is 0 Å². The van der Waals surface area contributed by atoms with E-state index in [-0.39, 0.29) is 34.8 Å². The van der Waals surface area contributed by atoms with Gasteiger partial charge in [0.05, 0.1) is 0 Å². The summed E-state index contributed by atoms with van der Waals surface area (Å²) in [5, 5.41) is 0. The van der Waals surface area contributed by atoms with Crippen molar-refractivity contribution in [3.8, 4) is 0 Å². The number of unbranched alkanes of at least 4 members (excludes halogenated alkanes) is 16. The average molecular weight is 934 g/mol. The van der Waals surface area contributed by atoms with E-state index in [4.69, 9.17) is 14.2 Å². The zero-order valence-corrected chi connectivity index (χ0v) is 42.7. The summed E-state index contributed by atoms with van der Waals surface area (Å²) in [6.07, 6.45) is 51.5. The summed E-state index contributed by atoms with van der Waals surface area (Å²) in [6.45, 7) is 1.63. The van der Waals surface area contributed by atoms with E-state index in [1.807, 2.05) is 60.7 Å². The zero-order valence-electron chi connectivity index (χ0n) is 42.7. The van der Waals surface area contributed by atoms with Gasteiger partial charge in [-0.05, 0) is 154 Å².